The molecule has 0 unspecified atom stereocenters. The van der Waals surface area contributed by atoms with Gasteiger partial charge in [-0.1, -0.05) is 15.9 Å². The van der Waals surface area contributed by atoms with Gasteiger partial charge in [0.15, 0.2) is 0 Å². The number of halogens is 3. The van der Waals surface area contributed by atoms with Gasteiger partial charge in [-0.25, -0.2) is 0 Å². The largest absolute Gasteiger partial charge is 0.288 e. The van der Waals surface area contributed by atoms with Crippen LogP contribution < -0.4 is 0 Å². The van der Waals surface area contributed by atoms with Crippen molar-refractivity contribution in [2.75, 3.05) is 0 Å². The van der Waals surface area contributed by atoms with Crippen LogP contribution in [-0.4, -0.2) is 5.78 Å². The summed E-state index contributed by atoms with van der Waals surface area (Å²) in [5.74, 6) is 0.0782. The summed E-state index contributed by atoms with van der Waals surface area (Å²) < 4.78 is 2.89. The molecule has 0 aliphatic rings. The maximum Gasteiger partial charge on any atom is 0.204 e. The summed E-state index contributed by atoms with van der Waals surface area (Å²) in [6.07, 6.45) is 0. The van der Waals surface area contributed by atoms with Gasteiger partial charge in [0.25, 0.3) is 0 Å². The van der Waals surface area contributed by atoms with E-state index in [2.05, 4.69) is 54.5 Å². The molecular formula is C12H7Br2IOS. The lowest BCUT2D eigenvalue weighted by molar-refractivity contribution is 0.104. The van der Waals surface area contributed by atoms with Gasteiger partial charge in [0.05, 0.1) is 4.88 Å². The molecule has 0 N–H and O–H groups in total. The Morgan fingerprint density at radius 1 is 1.29 bits per heavy atom. The summed E-state index contributed by atoms with van der Waals surface area (Å²) in [6.45, 7) is 2.00. The molecule has 1 heterocycles. The van der Waals surface area contributed by atoms with Crippen molar-refractivity contribution < 1.29 is 4.79 Å². The third-order valence-electron chi connectivity index (χ3n) is 2.25. The zero-order valence-electron chi connectivity index (χ0n) is 8.76. The van der Waals surface area contributed by atoms with E-state index in [1.54, 1.807) is 0 Å². The molecule has 1 aromatic carbocycles. The van der Waals surface area contributed by atoms with Gasteiger partial charge in [-0.05, 0) is 69.7 Å². The van der Waals surface area contributed by atoms with Crippen LogP contribution in [0.15, 0.2) is 33.2 Å². The van der Waals surface area contributed by atoms with Gasteiger partial charge in [0, 0.05) is 23.0 Å². The van der Waals surface area contributed by atoms with Gasteiger partial charge >= 0.3 is 0 Å². The lowest BCUT2D eigenvalue weighted by atomic mass is 10.1. The average Bonchev–Trinajstić information content (AvgIpc) is 2.62. The molecule has 0 fully saturated rings. The first-order valence-electron chi connectivity index (χ1n) is 4.74. The van der Waals surface area contributed by atoms with E-state index in [0.717, 1.165) is 27.8 Å². The van der Waals surface area contributed by atoms with Gasteiger partial charge in [-0.3, -0.25) is 4.79 Å². The molecule has 5 heteroatoms. The van der Waals surface area contributed by atoms with Crippen LogP contribution in [0.4, 0.5) is 0 Å². The zero-order chi connectivity index (χ0) is 12.6. The molecule has 2 aromatic rings. The third kappa shape index (κ3) is 3.00. The van der Waals surface area contributed by atoms with Crippen LogP contribution in [0.25, 0.3) is 0 Å². The molecule has 0 aliphatic heterocycles. The highest BCUT2D eigenvalue weighted by Crippen LogP contribution is 2.29. The molecule has 2 rings (SSSR count). The molecule has 0 amide bonds. The highest BCUT2D eigenvalue weighted by atomic mass is 127. The van der Waals surface area contributed by atoms with Crippen LogP contribution in [0, 0.1) is 10.5 Å². The number of benzene rings is 1. The molecule has 0 bridgehead atoms. The minimum atomic E-state index is 0.0782. The fraction of sp³-hybridized carbons (Fsp3) is 0.0833. The van der Waals surface area contributed by atoms with Crippen LogP contribution in [0.5, 0.6) is 0 Å². The summed E-state index contributed by atoms with van der Waals surface area (Å²) in [5.41, 5.74) is 0.744. The van der Waals surface area contributed by atoms with Gasteiger partial charge < -0.3 is 0 Å². The van der Waals surface area contributed by atoms with Crippen molar-refractivity contribution in [1.29, 1.82) is 0 Å². The van der Waals surface area contributed by atoms with Crippen LogP contribution in [0.3, 0.4) is 0 Å². The first-order valence-corrected chi connectivity index (χ1v) is 8.23. The Morgan fingerprint density at radius 2 is 2.00 bits per heavy atom. The fourth-order valence-corrected chi connectivity index (χ4v) is 3.81. The molecule has 0 saturated heterocycles. The summed E-state index contributed by atoms with van der Waals surface area (Å²) in [6, 6.07) is 7.63. The Hall–Kier alpha value is 0.280. The second-order valence-electron chi connectivity index (χ2n) is 3.47. The van der Waals surface area contributed by atoms with Crippen LogP contribution in [0.1, 0.15) is 20.1 Å². The van der Waals surface area contributed by atoms with E-state index >= 15 is 0 Å². The zero-order valence-corrected chi connectivity index (χ0v) is 14.9. The Bertz CT molecular complexity index is 573. The molecule has 1 aromatic heterocycles. The maximum absolute atomic E-state index is 12.3. The number of thiophene rings is 1. The summed E-state index contributed by atoms with van der Waals surface area (Å²) in [7, 11) is 0. The monoisotopic (exact) mass is 484 g/mol. The van der Waals surface area contributed by atoms with Crippen molar-refractivity contribution in [3.8, 4) is 0 Å². The quantitative estimate of drug-likeness (QED) is 0.410. The van der Waals surface area contributed by atoms with Gasteiger partial charge in [0.1, 0.15) is 0 Å². The summed E-state index contributed by atoms with van der Waals surface area (Å²) in [5, 5.41) is 0. The minimum absolute atomic E-state index is 0.0782. The van der Waals surface area contributed by atoms with E-state index in [-0.39, 0.29) is 5.78 Å². The van der Waals surface area contributed by atoms with Crippen molar-refractivity contribution in [2.45, 2.75) is 6.92 Å². The van der Waals surface area contributed by atoms with Crippen molar-refractivity contribution in [1.82, 2.24) is 0 Å². The van der Waals surface area contributed by atoms with E-state index in [1.165, 1.54) is 11.3 Å². The van der Waals surface area contributed by atoms with Crippen LogP contribution in [0.2, 0.25) is 0 Å². The molecule has 0 radical (unpaired) electrons. The predicted molar refractivity (Wildman–Crippen MR) is 87.0 cm³/mol. The first kappa shape index (κ1) is 13.7. The van der Waals surface area contributed by atoms with Crippen LogP contribution >= 0.6 is 65.8 Å². The van der Waals surface area contributed by atoms with Gasteiger partial charge in [-0.15, -0.1) is 11.3 Å². The number of hydrogen-bond donors (Lipinski definition) is 0. The van der Waals surface area contributed by atoms with Crippen molar-refractivity contribution in [3.63, 3.8) is 0 Å². The topological polar surface area (TPSA) is 17.1 Å². The number of hydrogen-bond acceptors (Lipinski definition) is 2. The second-order valence-corrected chi connectivity index (χ2v) is 7.66. The summed E-state index contributed by atoms with van der Waals surface area (Å²) in [4.78, 5) is 14.2. The molecule has 0 atom stereocenters. The van der Waals surface area contributed by atoms with E-state index in [1.807, 2.05) is 31.2 Å². The second kappa shape index (κ2) is 5.50. The molecular weight excluding hydrogens is 479 g/mol. The standard InChI is InChI=1S/C12H7Br2IOS/c1-6-9(14)5-11(17-6)12(16)8-4-7(13)2-3-10(8)15/h2-5H,1H3. The Kier molecular flexibility index (Phi) is 4.44. The smallest absolute Gasteiger partial charge is 0.204 e. The van der Waals surface area contributed by atoms with Crippen molar-refractivity contribution in [2.24, 2.45) is 0 Å². The number of carbonyl (C=O) groups is 1. The highest BCUT2D eigenvalue weighted by molar-refractivity contribution is 14.1. The van der Waals surface area contributed by atoms with E-state index in [9.17, 15) is 4.79 Å². The molecule has 1 nitrogen and oxygen atoms in total. The molecule has 0 saturated carbocycles. The van der Waals surface area contributed by atoms with E-state index in [0.29, 0.717) is 0 Å². The number of rotatable bonds is 2. The normalized spacial score (nSPS) is 10.6. The van der Waals surface area contributed by atoms with Crippen molar-refractivity contribution >= 4 is 71.6 Å². The summed E-state index contributed by atoms with van der Waals surface area (Å²) >= 11 is 10.5. The maximum atomic E-state index is 12.3. The van der Waals surface area contributed by atoms with Gasteiger partial charge in [-0.2, -0.15) is 0 Å². The molecule has 0 aliphatic carbocycles. The van der Waals surface area contributed by atoms with E-state index in [4.69, 9.17) is 0 Å². The molecule has 0 spiro atoms. The minimum Gasteiger partial charge on any atom is -0.288 e. The highest BCUT2D eigenvalue weighted by Gasteiger charge is 2.16. The first-order chi connectivity index (χ1) is 7.99. The Morgan fingerprint density at radius 3 is 2.59 bits per heavy atom. The third-order valence-corrected chi connectivity index (χ3v) is 5.82. The van der Waals surface area contributed by atoms with Crippen molar-refractivity contribution in [3.05, 3.63) is 52.1 Å². The van der Waals surface area contributed by atoms with E-state index < -0.39 is 0 Å². The average molecular weight is 486 g/mol. The van der Waals surface area contributed by atoms with Crippen LogP contribution in [-0.2, 0) is 0 Å². The SMILES string of the molecule is Cc1sc(C(=O)c2cc(Br)ccc2I)cc1Br. The Balaban J connectivity index is 2.47. The number of aryl methyl sites for hydroxylation is 1. The molecule has 17 heavy (non-hydrogen) atoms. The van der Waals surface area contributed by atoms with Gasteiger partial charge in [0.2, 0.25) is 5.78 Å². The fourth-order valence-electron chi connectivity index (χ4n) is 1.38. The molecule has 88 valence electrons. The number of ketones is 1. The predicted octanol–water partition coefficient (Wildman–Crippen LogP) is 5.42. The lowest BCUT2D eigenvalue weighted by Crippen LogP contribution is -2.01. The number of carbonyl (C=O) groups excluding carboxylic acids is 1. The lowest BCUT2D eigenvalue weighted by Gasteiger charge is -2.02. The Labute approximate surface area is 134 Å².